The average molecular weight is 286 g/mol. The summed E-state index contributed by atoms with van der Waals surface area (Å²) in [4.78, 5) is 24.7. The van der Waals surface area contributed by atoms with E-state index in [1.807, 2.05) is 6.92 Å². The van der Waals surface area contributed by atoms with Crippen LogP contribution >= 0.6 is 0 Å². The fourth-order valence-electron chi connectivity index (χ4n) is 2.17. The molecule has 0 aromatic rings. The van der Waals surface area contributed by atoms with E-state index in [1.54, 1.807) is 13.8 Å². The first kappa shape index (κ1) is 18.9. The Kier molecular flexibility index (Phi) is 7.84. The highest BCUT2D eigenvalue weighted by atomic mass is 16.6. The number of rotatable bonds is 8. The Bertz CT molecular complexity index is 297. The number of hydrogen-bond acceptors (Lipinski definition) is 4. The molecule has 0 aromatic carbocycles. The van der Waals surface area contributed by atoms with Crippen molar-refractivity contribution in [3.05, 3.63) is 0 Å². The summed E-state index contributed by atoms with van der Waals surface area (Å²) >= 11 is 0. The van der Waals surface area contributed by atoms with Crippen molar-refractivity contribution in [1.82, 2.24) is 0 Å². The minimum Gasteiger partial charge on any atom is -0.465 e. The van der Waals surface area contributed by atoms with Crippen LogP contribution in [0.15, 0.2) is 0 Å². The molecule has 0 unspecified atom stereocenters. The largest absolute Gasteiger partial charge is 0.465 e. The summed E-state index contributed by atoms with van der Waals surface area (Å²) < 4.78 is 10.3. The lowest BCUT2D eigenvalue weighted by Gasteiger charge is -2.31. The first-order valence-corrected chi connectivity index (χ1v) is 7.58. The molecule has 0 radical (unpaired) electrons. The third kappa shape index (κ3) is 5.51. The molecule has 0 spiro atoms. The minimum absolute atomic E-state index is 0.0536. The number of carbonyl (C=O) groups excluding carboxylic acids is 2. The van der Waals surface area contributed by atoms with E-state index in [9.17, 15) is 9.59 Å². The van der Waals surface area contributed by atoms with Gasteiger partial charge in [-0.3, -0.25) is 9.59 Å². The lowest BCUT2D eigenvalue weighted by molar-refractivity contribution is -0.174. The van der Waals surface area contributed by atoms with Crippen LogP contribution in [0.2, 0.25) is 0 Å². The van der Waals surface area contributed by atoms with Crippen LogP contribution in [-0.4, -0.2) is 25.2 Å². The van der Waals surface area contributed by atoms with E-state index >= 15 is 0 Å². The molecule has 0 heterocycles. The van der Waals surface area contributed by atoms with Gasteiger partial charge in [-0.2, -0.15) is 0 Å². The van der Waals surface area contributed by atoms with Crippen molar-refractivity contribution < 1.29 is 19.1 Å². The predicted octanol–water partition coefficient (Wildman–Crippen LogP) is 3.73. The van der Waals surface area contributed by atoms with Gasteiger partial charge in [-0.1, -0.05) is 34.1 Å². The van der Waals surface area contributed by atoms with Gasteiger partial charge in [0, 0.05) is 0 Å². The summed E-state index contributed by atoms with van der Waals surface area (Å²) in [5, 5.41) is 0. The minimum atomic E-state index is -1.14. The molecule has 0 aromatic heterocycles. The van der Waals surface area contributed by atoms with Crippen molar-refractivity contribution in [3.63, 3.8) is 0 Å². The topological polar surface area (TPSA) is 52.6 Å². The van der Waals surface area contributed by atoms with E-state index in [1.165, 1.54) is 0 Å². The molecule has 0 bridgehead atoms. The van der Waals surface area contributed by atoms with Gasteiger partial charge in [-0.25, -0.2) is 0 Å². The van der Waals surface area contributed by atoms with Gasteiger partial charge >= 0.3 is 11.9 Å². The molecule has 0 rings (SSSR count). The zero-order valence-corrected chi connectivity index (χ0v) is 13.9. The standard InChI is InChI=1S/C16H30O4/c1-7-10-16(13(17)19-8-2,14(18)20-9-3)12-11-15(4,5)6/h7-12H2,1-6H3. The molecule has 0 aliphatic rings. The van der Waals surface area contributed by atoms with E-state index in [2.05, 4.69) is 20.8 Å². The van der Waals surface area contributed by atoms with Crippen LogP contribution < -0.4 is 0 Å². The molecule has 4 heteroatoms. The van der Waals surface area contributed by atoms with Crippen LogP contribution in [0.5, 0.6) is 0 Å². The van der Waals surface area contributed by atoms with Gasteiger partial charge < -0.3 is 9.47 Å². The Hall–Kier alpha value is -1.06. The molecular formula is C16H30O4. The second kappa shape index (κ2) is 8.28. The summed E-state index contributed by atoms with van der Waals surface area (Å²) in [5.41, 5.74) is -1.09. The van der Waals surface area contributed by atoms with Gasteiger partial charge in [-0.05, 0) is 38.5 Å². The quantitative estimate of drug-likeness (QED) is 0.504. The van der Waals surface area contributed by atoms with E-state index in [0.29, 0.717) is 12.8 Å². The van der Waals surface area contributed by atoms with E-state index < -0.39 is 17.4 Å². The summed E-state index contributed by atoms with van der Waals surface area (Å²) in [7, 11) is 0. The van der Waals surface area contributed by atoms with Crippen LogP contribution in [0, 0.1) is 10.8 Å². The fraction of sp³-hybridized carbons (Fsp3) is 0.875. The summed E-state index contributed by atoms with van der Waals surface area (Å²) in [5.74, 6) is -0.880. The Morgan fingerprint density at radius 2 is 1.25 bits per heavy atom. The third-order valence-electron chi connectivity index (χ3n) is 3.31. The summed E-state index contributed by atoms with van der Waals surface area (Å²) in [6, 6.07) is 0. The number of ether oxygens (including phenoxy) is 2. The van der Waals surface area contributed by atoms with Crippen molar-refractivity contribution in [1.29, 1.82) is 0 Å². The van der Waals surface area contributed by atoms with Crippen molar-refractivity contribution in [2.24, 2.45) is 10.8 Å². The van der Waals surface area contributed by atoms with Crippen LogP contribution in [0.4, 0.5) is 0 Å². The molecule has 0 atom stereocenters. The predicted molar refractivity (Wildman–Crippen MR) is 79.3 cm³/mol. The number of carbonyl (C=O) groups is 2. The summed E-state index contributed by atoms with van der Waals surface area (Å²) in [6.45, 7) is 12.3. The molecule has 0 aliphatic carbocycles. The smallest absolute Gasteiger partial charge is 0.323 e. The lowest BCUT2D eigenvalue weighted by atomic mass is 9.74. The highest BCUT2D eigenvalue weighted by molar-refractivity contribution is 6.00. The van der Waals surface area contributed by atoms with Crippen LogP contribution in [0.3, 0.4) is 0 Å². The highest BCUT2D eigenvalue weighted by Gasteiger charge is 2.48. The van der Waals surface area contributed by atoms with Crippen LogP contribution in [0.1, 0.15) is 67.2 Å². The average Bonchev–Trinajstić information content (AvgIpc) is 2.33. The molecule has 0 fully saturated rings. The second-order valence-corrected chi connectivity index (χ2v) is 6.33. The van der Waals surface area contributed by atoms with Crippen LogP contribution in [-0.2, 0) is 19.1 Å². The monoisotopic (exact) mass is 286 g/mol. The van der Waals surface area contributed by atoms with E-state index in [0.717, 1.165) is 12.8 Å². The number of esters is 2. The Balaban J connectivity index is 5.31. The van der Waals surface area contributed by atoms with Crippen molar-refractivity contribution in [2.75, 3.05) is 13.2 Å². The van der Waals surface area contributed by atoms with Crippen LogP contribution in [0.25, 0.3) is 0 Å². The van der Waals surface area contributed by atoms with E-state index in [-0.39, 0.29) is 18.6 Å². The Morgan fingerprint density at radius 3 is 1.55 bits per heavy atom. The maximum atomic E-state index is 12.4. The van der Waals surface area contributed by atoms with Crippen molar-refractivity contribution >= 4 is 11.9 Å². The van der Waals surface area contributed by atoms with Gasteiger partial charge in [0.2, 0.25) is 0 Å². The zero-order valence-electron chi connectivity index (χ0n) is 13.9. The molecule has 0 aliphatic heterocycles. The van der Waals surface area contributed by atoms with Crippen molar-refractivity contribution in [3.8, 4) is 0 Å². The lowest BCUT2D eigenvalue weighted by Crippen LogP contribution is -2.42. The molecule has 0 amide bonds. The fourth-order valence-corrected chi connectivity index (χ4v) is 2.17. The van der Waals surface area contributed by atoms with Gasteiger partial charge in [0.25, 0.3) is 0 Å². The maximum absolute atomic E-state index is 12.4. The first-order chi connectivity index (χ1) is 9.23. The maximum Gasteiger partial charge on any atom is 0.323 e. The Morgan fingerprint density at radius 1 is 0.800 bits per heavy atom. The van der Waals surface area contributed by atoms with Gasteiger partial charge in [0.1, 0.15) is 0 Å². The molecule has 118 valence electrons. The normalized spacial score (nSPS) is 12.1. The first-order valence-electron chi connectivity index (χ1n) is 7.58. The molecular weight excluding hydrogens is 256 g/mol. The molecule has 0 saturated carbocycles. The second-order valence-electron chi connectivity index (χ2n) is 6.33. The zero-order chi connectivity index (χ0) is 15.8. The van der Waals surface area contributed by atoms with Crippen molar-refractivity contribution in [2.45, 2.75) is 67.2 Å². The molecule has 0 N–H and O–H groups in total. The highest BCUT2D eigenvalue weighted by Crippen LogP contribution is 2.37. The van der Waals surface area contributed by atoms with Gasteiger partial charge in [-0.15, -0.1) is 0 Å². The number of hydrogen-bond donors (Lipinski definition) is 0. The SMILES string of the molecule is CCCC(CCC(C)(C)C)(C(=O)OCC)C(=O)OCC. The Labute approximate surface area is 123 Å². The van der Waals surface area contributed by atoms with Gasteiger partial charge in [0.05, 0.1) is 13.2 Å². The molecule has 20 heavy (non-hydrogen) atoms. The van der Waals surface area contributed by atoms with E-state index in [4.69, 9.17) is 9.47 Å². The van der Waals surface area contributed by atoms with Gasteiger partial charge in [0.15, 0.2) is 5.41 Å². The molecule has 0 saturated heterocycles. The third-order valence-corrected chi connectivity index (χ3v) is 3.31. The summed E-state index contributed by atoms with van der Waals surface area (Å²) in [6.07, 6.45) is 2.45. The molecule has 4 nitrogen and oxygen atoms in total.